The van der Waals surface area contributed by atoms with Crippen LogP contribution in [0, 0.1) is 17.3 Å². The third-order valence-electron chi connectivity index (χ3n) is 5.00. The summed E-state index contributed by atoms with van der Waals surface area (Å²) in [6.45, 7) is 7.88. The Kier molecular flexibility index (Phi) is 2.73. The zero-order valence-electron chi connectivity index (χ0n) is 10.3. The van der Waals surface area contributed by atoms with Crippen molar-refractivity contribution >= 4 is 0 Å². The molecule has 3 unspecified atom stereocenters. The molecule has 2 saturated heterocycles. The number of rotatable bonds is 2. The van der Waals surface area contributed by atoms with Crippen molar-refractivity contribution in [3.63, 3.8) is 0 Å². The van der Waals surface area contributed by atoms with E-state index in [1.165, 1.54) is 19.4 Å². The van der Waals surface area contributed by atoms with E-state index in [1.807, 2.05) is 0 Å². The first-order valence-electron chi connectivity index (χ1n) is 6.82. The van der Waals surface area contributed by atoms with Gasteiger partial charge in [0.05, 0.1) is 6.10 Å². The Hall–Kier alpha value is -0.120. The summed E-state index contributed by atoms with van der Waals surface area (Å²) >= 11 is 0. The molecule has 0 aromatic heterocycles. The first kappa shape index (κ1) is 11.0. The summed E-state index contributed by atoms with van der Waals surface area (Å²) in [7, 11) is 0. The predicted octanol–water partition coefficient (Wildman–Crippen LogP) is 0.689. The molecule has 0 aromatic carbocycles. The molecule has 3 fully saturated rings. The van der Waals surface area contributed by atoms with E-state index in [-0.39, 0.29) is 11.5 Å². The number of likely N-dealkylation sites (tertiary alicyclic amines) is 1. The molecule has 3 nitrogen and oxygen atoms in total. The summed E-state index contributed by atoms with van der Waals surface area (Å²) in [6.07, 6.45) is 3.74. The topological polar surface area (TPSA) is 35.5 Å². The molecule has 1 aliphatic carbocycles. The van der Waals surface area contributed by atoms with Gasteiger partial charge in [-0.15, -0.1) is 0 Å². The summed E-state index contributed by atoms with van der Waals surface area (Å²) in [4.78, 5) is 2.61. The Morgan fingerprint density at radius 1 is 1.38 bits per heavy atom. The van der Waals surface area contributed by atoms with Crippen LogP contribution >= 0.6 is 0 Å². The van der Waals surface area contributed by atoms with Gasteiger partial charge in [0.25, 0.3) is 0 Å². The van der Waals surface area contributed by atoms with Gasteiger partial charge in [0.2, 0.25) is 0 Å². The van der Waals surface area contributed by atoms with Crippen molar-refractivity contribution in [3.05, 3.63) is 0 Å². The molecule has 0 aromatic rings. The number of aliphatic hydroxyl groups is 1. The second kappa shape index (κ2) is 3.97. The lowest BCUT2D eigenvalue weighted by Crippen LogP contribution is -2.55. The number of nitrogens with zero attached hydrogens (tertiary/aromatic N) is 1. The second-order valence-corrected chi connectivity index (χ2v) is 6.25. The highest BCUT2D eigenvalue weighted by Crippen LogP contribution is 2.41. The van der Waals surface area contributed by atoms with Gasteiger partial charge in [-0.25, -0.2) is 0 Å². The summed E-state index contributed by atoms with van der Waals surface area (Å²) in [6, 6.07) is 0. The van der Waals surface area contributed by atoms with Crippen molar-refractivity contribution < 1.29 is 5.11 Å². The summed E-state index contributed by atoms with van der Waals surface area (Å²) in [5, 5.41) is 13.8. The van der Waals surface area contributed by atoms with Crippen LogP contribution in [0.4, 0.5) is 0 Å². The largest absolute Gasteiger partial charge is 0.392 e. The van der Waals surface area contributed by atoms with Crippen LogP contribution in [0.2, 0.25) is 0 Å². The Bertz CT molecular complexity index is 267. The van der Waals surface area contributed by atoms with Gasteiger partial charge in [-0.2, -0.15) is 0 Å². The monoisotopic (exact) mass is 224 g/mol. The molecule has 1 saturated carbocycles. The molecule has 2 heterocycles. The molecule has 0 bridgehead atoms. The van der Waals surface area contributed by atoms with Crippen LogP contribution in [0.1, 0.15) is 26.2 Å². The van der Waals surface area contributed by atoms with Gasteiger partial charge >= 0.3 is 0 Å². The fourth-order valence-electron chi connectivity index (χ4n) is 3.57. The molecule has 1 spiro atoms. The highest BCUT2D eigenvalue weighted by atomic mass is 16.3. The maximum Gasteiger partial charge on any atom is 0.0636 e. The van der Waals surface area contributed by atoms with Gasteiger partial charge in [-0.3, -0.25) is 0 Å². The Morgan fingerprint density at radius 2 is 2.19 bits per heavy atom. The van der Waals surface area contributed by atoms with Crippen LogP contribution in [-0.2, 0) is 0 Å². The fourth-order valence-corrected chi connectivity index (χ4v) is 3.57. The van der Waals surface area contributed by atoms with Gasteiger partial charge < -0.3 is 15.3 Å². The van der Waals surface area contributed by atoms with Crippen molar-refractivity contribution in [2.45, 2.75) is 32.3 Å². The minimum Gasteiger partial charge on any atom is -0.392 e. The molecule has 3 atom stereocenters. The number of nitrogens with one attached hydrogen (secondary N) is 1. The maximum atomic E-state index is 10.3. The predicted molar refractivity (Wildman–Crippen MR) is 64.3 cm³/mol. The lowest BCUT2D eigenvalue weighted by Gasteiger charge is -2.46. The highest BCUT2D eigenvalue weighted by Gasteiger charge is 2.49. The number of piperidine rings is 1. The molecule has 2 aliphatic heterocycles. The van der Waals surface area contributed by atoms with E-state index in [9.17, 15) is 5.11 Å². The zero-order chi connectivity index (χ0) is 11.2. The van der Waals surface area contributed by atoms with Crippen LogP contribution in [-0.4, -0.2) is 48.8 Å². The molecule has 3 rings (SSSR count). The van der Waals surface area contributed by atoms with E-state index in [0.29, 0.717) is 5.92 Å². The van der Waals surface area contributed by atoms with Gasteiger partial charge in [0.15, 0.2) is 0 Å². The Morgan fingerprint density at radius 3 is 2.81 bits per heavy atom. The van der Waals surface area contributed by atoms with E-state index in [2.05, 4.69) is 17.1 Å². The van der Waals surface area contributed by atoms with Gasteiger partial charge in [-0.05, 0) is 37.6 Å². The molecule has 2 N–H and O–H groups in total. The summed E-state index contributed by atoms with van der Waals surface area (Å²) in [5.74, 6) is 1.58. The average molecular weight is 224 g/mol. The van der Waals surface area contributed by atoms with E-state index < -0.39 is 0 Å². The molecule has 16 heavy (non-hydrogen) atoms. The van der Waals surface area contributed by atoms with E-state index >= 15 is 0 Å². The number of hydrogen-bond donors (Lipinski definition) is 2. The molecular formula is C13H24N2O. The first-order valence-corrected chi connectivity index (χ1v) is 6.82. The molecule has 0 amide bonds. The van der Waals surface area contributed by atoms with Crippen molar-refractivity contribution in [3.8, 4) is 0 Å². The lowest BCUT2D eigenvalue weighted by atomic mass is 9.70. The molecule has 3 aliphatic rings. The molecular weight excluding hydrogens is 200 g/mol. The summed E-state index contributed by atoms with van der Waals surface area (Å²) < 4.78 is 0. The van der Waals surface area contributed by atoms with E-state index in [1.54, 1.807) is 0 Å². The minimum absolute atomic E-state index is 0.0899. The Labute approximate surface area is 98.2 Å². The minimum atomic E-state index is -0.0899. The fraction of sp³-hybridized carbons (Fsp3) is 1.00. The van der Waals surface area contributed by atoms with Crippen LogP contribution < -0.4 is 5.32 Å². The average Bonchev–Trinajstić information content (AvgIpc) is 3.00. The van der Waals surface area contributed by atoms with Crippen LogP contribution in [0.25, 0.3) is 0 Å². The molecule has 92 valence electrons. The smallest absolute Gasteiger partial charge is 0.0636 e. The lowest BCUT2D eigenvalue weighted by molar-refractivity contribution is -0.0568. The maximum absolute atomic E-state index is 10.3. The Balaban J connectivity index is 1.69. The first-order chi connectivity index (χ1) is 7.71. The zero-order valence-corrected chi connectivity index (χ0v) is 10.3. The molecule has 0 radical (unpaired) electrons. The highest BCUT2D eigenvalue weighted by molar-refractivity contribution is 5.02. The van der Waals surface area contributed by atoms with Crippen molar-refractivity contribution in [1.82, 2.24) is 10.2 Å². The van der Waals surface area contributed by atoms with Gasteiger partial charge in [-0.1, -0.05) is 6.92 Å². The standard InChI is InChI=1S/C13H24N2O/c1-10-6-14-8-13(10)9-15(5-4-12(13)16)7-11-2-3-11/h10-12,14,16H,2-9H2,1H3. The van der Waals surface area contributed by atoms with Gasteiger partial charge in [0, 0.05) is 31.6 Å². The second-order valence-electron chi connectivity index (χ2n) is 6.25. The third kappa shape index (κ3) is 1.79. The van der Waals surface area contributed by atoms with Crippen LogP contribution in [0.15, 0.2) is 0 Å². The quantitative estimate of drug-likeness (QED) is 0.724. The van der Waals surface area contributed by atoms with Crippen molar-refractivity contribution in [1.29, 1.82) is 0 Å². The number of aliphatic hydroxyl groups excluding tert-OH is 1. The van der Waals surface area contributed by atoms with Crippen molar-refractivity contribution in [2.24, 2.45) is 17.3 Å². The number of hydrogen-bond acceptors (Lipinski definition) is 3. The summed E-state index contributed by atoms with van der Waals surface area (Å²) in [5.41, 5.74) is 0.146. The normalized spacial score (nSPS) is 45.4. The van der Waals surface area contributed by atoms with E-state index in [0.717, 1.165) is 38.5 Å². The SMILES string of the molecule is CC1CNCC12CN(CC1CC1)CCC2O. The molecule has 3 heteroatoms. The van der Waals surface area contributed by atoms with Crippen LogP contribution in [0.5, 0.6) is 0 Å². The van der Waals surface area contributed by atoms with Gasteiger partial charge in [0.1, 0.15) is 0 Å². The van der Waals surface area contributed by atoms with E-state index in [4.69, 9.17) is 0 Å². The third-order valence-corrected chi connectivity index (χ3v) is 5.00. The van der Waals surface area contributed by atoms with Crippen molar-refractivity contribution in [2.75, 3.05) is 32.7 Å². The van der Waals surface area contributed by atoms with Crippen LogP contribution in [0.3, 0.4) is 0 Å².